The number of aromatic nitrogens is 1. The Morgan fingerprint density at radius 2 is 1.86 bits per heavy atom. The van der Waals surface area contributed by atoms with Crippen molar-refractivity contribution < 1.29 is 0 Å². The molecule has 2 fully saturated rings. The van der Waals surface area contributed by atoms with Gasteiger partial charge in [-0.1, -0.05) is 12.8 Å². The first-order chi connectivity index (χ1) is 9.94. The second-order valence-corrected chi connectivity index (χ2v) is 8.79. The molecule has 0 unspecified atom stereocenters. The number of nitrogens with zero attached hydrogens (tertiary/aromatic N) is 2. The van der Waals surface area contributed by atoms with Crippen LogP contribution in [0.2, 0.25) is 0 Å². The van der Waals surface area contributed by atoms with Gasteiger partial charge in [-0.2, -0.15) is 0 Å². The molecule has 3 nitrogen and oxygen atoms in total. The lowest BCUT2D eigenvalue weighted by molar-refractivity contribution is 0.425. The molecule has 1 aromatic rings. The molecule has 0 atom stereocenters. The van der Waals surface area contributed by atoms with Crippen molar-refractivity contribution in [2.75, 3.05) is 11.9 Å². The van der Waals surface area contributed by atoms with Gasteiger partial charge in [0.2, 0.25) is 0 Å². The number of nitrogens with one attached hydrogen (secondary N) is 1. The lowest BCUT2D eigenvalue weighted by Gasteiger charge is -2.23. The molecule has 2 aliphatic carbocycles. The van der Waals surface area contributed by atoms with E-state index in [1.54, 1.807) is 0 Å². The third-order valence-corrected chi connectivity index (χ3v) is 5.80. The third kappa shape index (κ3) is 3.78. The Balaban J connectivity index is 1.75. The Morgan fingerprint density at radius 3 is 2.43 bits per heavy atom. The summed E-state index contributed by atoms with van der Waals surface area (Å²) in [6.07, 6.45) is 8.11. The molecule has 1 N–H and O–H groups in total. The van der Waals surface area contributed by atoms with Crippen LogP contribution in [0.4, 0.5) is 5.13 Å². The van der Waals surface area contributed by atoms with E-state index < -0.39 is 0 Å². The summed E-state index contributed by atoms with van der Waals surface area (Å²) in [5.41, 5.74) is 1.55. The zero-order valence-electron chi connectivity index (χ0n) is 13.9. The lowest BCUT2D eigenvalue weighted by atomic mass is 10.1. The molecule has 0 aromatic carbocycles. The molecule has 0 amide bonds. The first kappa shape index (κ1) is 15.3. The van der Waals surface area contributed by atoms with Gasteiger partial charge in [0.25, 0.3) is 0 Å². The van der Waals surface area contributed by atoms with Crippen LogP contribution in [0.25, 0.3) is 0 Å². The van der Waals surface area contributed by atoms with Crippen LogP contribution in [0.5, 0.6) is 0 Å². The van der Waals surface area contributed by atoms with Crippen molar-refractivity contribution in [3.63, 3.8) is 0 Å². The lowest BCUT2D eigenvalue weighted by Crippen LogP contribution is -2.35. The molecule has 2 aliphatic rings. The highest BCUT2D eigenvalue weighted by molar-refractivity contribution is 7.15. The van der Waals surface area contributed by atoms with Gasteiger partial charge in [0.1, 0.15) is 0 Å². The molecule has 0 aliphatic heterocycles. The molecule has 0 bridgehead atoms. The molecule has 1 heterocycles. The van der Waals surface area contributed by atoms with Crippen LogP contribution in [0.15, 0.2) is 0 Å². The zero-order chi connectivity index (χ0) is 15.0. The van der Waals surface area contributed by atoms with E-state index in [9.17, 15) is 0 Å². The number of rotatable bonds is 5. The summed E-state index contributed by atoms with van der Waals surface area (Å²) in [5, 5.41) is 4.88. The quantitative estimate of drug-likeness (QED) is 0.879. The summed E-state index contributed by atoms with van der Waals surface area (Å²) >= 11 is 1.92. The standard InChI is InChI=1S/C17H29N3S/c1-17(2,3)18-11-14-15(12-9-10-12)19-16(21-14)20(4)13-7-5-6-8-13/h12-13,18H,5-11H2,1-4H3. The molecular weight excluding hydrogens is 278 g/mol. The molecule has 3 rings (SSSR count). The summed E-state index contributed by atoms with van der Waals surface area (Å²) in [7, 11) is 2.24. The maximum Gasteiger partial charge on any atom is 0.185 e. The van der Waals surface area contributed by atoms with Gasteiger partial charge in [-0.25, -0.2) is 4.98 Å². The first-order valence-corrected chi connectivity index (χ1v) is 9.23. The van der Waals surface area contributed by atoms with Crippen LogP contribution in [0.3, 0.4) is 0 Å². The van der Waals surface area contributed by atoms with E-state index in [0.29, 0.717) is 6.04 Å². The maximum absolute atomic E-state index is 5.02. The van der Waals surface area contributed by atoms with Gasteiger partial charge in [-0.3, -0.25) is 0 Å². The minimum atomic E-state index is 0.169. The molecule has 4 heteroatoms. The molecule has 118 valence electrons. The van der Waals surface area contributed by atoms with Crippen molar-refractivity contribution in [1.29, 1.82) is 0 Å². The zero-order valence-corrected chi connectivity index (χ0v) is 14.7. The van der Waals surface area contributed by atoms with E-state index in [4.69, 9.17) is 4.98 Å². The van der Waals surface area contributed by atoms with Gasteiger partial charge in [-0.15, -0.1) is 11.3 Å². The highest BCUT2D eigenvalue weighted by Crippen LogP contribution is 2.44. The van der Waals surface area contributed by atoms with Gasteiger partial charge in [0, 0.05) is 36.0 Å². The number of hydrogen-bond donors (Lipinski definition) is 1. The summed E-state index contributed by atoms with van der Waals surface area (Å²) in [6.45, 7) is 7.66. The van der Waals surface area contributed by atoms with Gasteiger partial charge < -0.3 is 10.2 Å². The summed E-state index contributed by atoms with van der Waals surface area (Å²) in [4.78, 5) is 8.94. The van der Waals surface area contributed by atoms with Crippen molar-refractivity contribution in [2.24, 2.45) is 0 Å². The van der Waals surface area contributed by atoms with Gasteiger partial charge in [0.15, 0.2) is 5.13 Å². The third-order valence-electron chi connectivity index (χ3n) is 4.63. The fourth-order valence-corrected chi connectivity index (χ4v) is 4.22. The Morgan fingerprint density at radius 1 is 1.19 bits per heavy atom. The molecule has 0 radical (unpaired) electrons. The number of thiazole rings is 1. The van der Waals surface area contributed by atoms with Crippen molar-refractivity contribution in [3.8, 4) is 0 Å². The topological polar surface area (TPSA) is 28.2 Å². The predicted molar refractivity (Wildman–Crippen MR) is 91.3 cm³/mol. The molecule has 1 aromatic heterocycles. The van der Waals surface area contributed by atoms with Crippen LogP contribution in [-0.2, 0) is 6.54 Å². The monoisotopic (exact) mass is 307 g/mol. The van der Waals surface area contributed by atoms with Crippen molar-refractivity contribution in [1.82, 2.24) is 10.3 Å². The Kier molecular flexibility index (Phi) is 4.28. The number of hydrogen-bond acceptors (Lipinski definition) is 4. The normalized spacial score (nSPS) is 20.2. The molecule has 0 saturated heterocycles. The first-order valence-electron chi connectivity index (χ1n) is 8.41. The summed E-state index contributed by atoms with van der Waals surface area (Å²) in [5.74, 6) is 0.740. The predicted octanol–water partition coefficient (Wildman–Crippen LogP) is 4.29. The largest absolute Gasteiger partial charge is 0.348 e. The highest BCUT2D eigenvalue weighted by atomic mass is 32.1. The second kappa shape index (κ2) is 5.88. The molecule has 2 saturated carbocycles. The van der Waals surface area contributed by atoms with E-state index in [1.165, 1.54) is 54.2 Å². The van der Waals surface area contributed by atoms with E-state index >= 15 is 0 Å². The van der Waals surface area contributed by atoms with Crippen molar-refractivity contribution in [2.45, 2.75) is 83.3 Å². The van der Waals surface area contributed by atoms with E-state index in [2.05, 4.69) is 38.0 Å². The van der Waals surface area contributed by atoms with E-state index in [0.717, 1.165) is 12.5 Å². The smallest absolute Gasteiger partial charge is 0.185 e. The van der Waals surface area contributed by atoms with Crippen LogP contribution in [0, 0.1) is 0 Å². The number of anilines is 1. The van der Waals surface area contributed by atoms with Crippen LogP contribution in [0.1, 0.15) is 75.8 Å². The maximum atomic E-state index is 5.02. The van der Waals surface area contributed by atoms with E-state index in [1.807, 2.05) is 11.3 Å². The minimum Gasteiger partial charge on any atom is -0.348 e. The minimum absolute atomic E-state index is 0.169. The average molecular weight is 308 g/mol. The van der Waals surface area contributed by atoms with Crippen LogP contribution < -0.4 is 10.2 Å². The fraction of sp³-hybridized carbons (Fsp3) is 0.824. The van der Waals surface area contributed by atoms with Gasteiger partial charge >= 0.3 is 0 Å². The summed E-state index contributed by atoms with van der Waals surface area (Å²) in [6, 6.07) is 0.714. The van der Waals surface area contributed by atoms with Crippen molar-refractivity contribution >= 4 is 16.5 Å². The molecular formula is C17H29N3S. The highest BCUT2D eigenvalue weighted by Gasteiger charge is 2.31. The van der Waals surface area contributed by atoms with Gasteiger partial charge in [-0.05, 0) is 46.5 Å². The van der Waals surface area contributed by atoms with Gasteiger partial charge in [0.05, 0.1) is 5.69 Å². The SMILES string of the molecule is CN(c1nc(C2CC2)c(CNC(C)(C)C)s1)C1CCCC1. The average Bonchev–Trinajstić information content (AvgIpc) is 2.97. The molecule has 0 spiro atoms. The summed E-state index contributed by atoms with van der Waals surface area (Å²) < 4.78 is 0. The second-order valence-electron chi connectivity index (χ2n) is 7.73. The Hall–Kier alpha value is -0.610. The Bertz CT molecular complexity index is 479. The molecule has 21 heavy (non-hydrogen) atoms. The Labute approximate surface area is 133 Å². The van der Waals surface area contributed by atoms with E-state index in [-0.39, 0.29) is 5.54 Å². The van der Waals surface area contributed by atoms with Crippen molar-refractivity contribution in [3.05, 3.63) is 10.6 Å². The van der Waals surface area contributed by atoms with Crippen LogP contribution in [-0.4, -0.2) is 23.6 Å². The fourth-order valence-electron chi connectivity index (χ4n) is 3.10. The van der Waals surface area contributed by atoms with Crippen LogP contribution >= 0.6 is 11.3 Å².